The van der Waals surface area contributed by atoms with Gasteiger partial charge in [0.2, 0.25) is 0 Å². The second-order valence-electron chi connectivity index (χ2n) is 4.14. The maximum absolute atomic E-state index is 11.6. The van der Waals surface area contributed by atoms with Crippen LogP contribution in [0.3, 0.4) is 0 Å². The van der Waals surface area contributed by atoms with Crippen LogP contribution in [0.2, 0.25) is 0 Å². The molecule has 0 aromatic heterocycles. The molecule has 0 radical (unpaired) electrons. The van der Waals surface area contributed by atoms with E-state index in [0.717, 1.165) is 29.5 Å². The molecule has 1 fully saturated rings. The Hall–Kier alpha value is -1.07. The van der Waals surface area contributed by atoms with Gasteiger partial charge in [-0.2, -0.15) is 0 Å². The highest BCUT2D eigenvalue weighted by molar-refractivity contribution is 9.10. The number of amides is 2. The van der Waals surface area contributed by atoms with Crippen molar-refractivity contribution in [2.75, 3.05) is 13.1 Å². The summed E-state index contributed by atoms with van der Waals surface area (Å²) in [5, 5.41) is 9.00. The molecule has 2 amide bonds. The van der Waals surface area contributed by atoms with Crippen molar-refractivity contribution in [2.24, 2.45) is 0 Å². The van der Waals surface area contributed by atoms with Crippen LogP contribution in [0.1, 0.15) is 12.0 Å². The molecule has 5 heteroatoms. The van der Waals surface area contributed by atoms with E-state index in [1.165, 1.54) is 0 Å². The average molecular weight is 298 g/mol. The summed E-state index contributed by atoms with van der Waals surface area (Å²) in [5.74, 6) is 0. The van der Waals surface area contributed by atoms with Crippen LogP contribution < -0.4 is 16.0 Å². The fraction of sp³-hybridized carbons (Fsp3) is 0.417. The maximum atomic E-state index is 11.6. The highest BCUT2D eigenvalue weighted by Crippen LogP contribution is 2.10. The molecule has 3 N–H and O–H groups in total. The van der Waals surface area contributed by atoms with Crippen LogP contribution >= 0.6 is 15.9 Å². The minimum absolute atomic E-state index is 0.0957. The van der Waals surface area contributed by atoms with Crippen molar-refractivity contribution in [2.45, 2.75) is 19.0 Å². The molecular formula is C12H16BrN3O. The molecule has 0 saturated carbocycles. The van der Waals surface area contributed by atoms with Gasteiger partial charge >= 0.3 is 6.03 Å². The van der Waals surface area contributed by atoms with Crippen molar-refractivity contribution >= 4 is 22.0 Å². The predicted octanol–water partition coefficient (Wildman–Crippen LogP) is 1.61. The Morgan fingerprint density at radius 2 is 2.18 bits per heavy atom. The minimum Gasteiger partial charge on any atom is -0.334 e. The van der Waals surface area contributed by atoms with Gasteiger partial charge in [-0.15, -0.1) is 0 Å². The molecule has 1 aromatic rings. The molecule has 17 heavy (non-hydrogen) atoms. The van der Waals surface area contributed by atoms with E-state index in [4.69, 9.17) is 0 Å². The predicted molar refractivity (Wildman–Crippen MR) is 70.8 cm³/mol. The standard InChI is InChI=1S/C12H16BrN3O/c13-10-3-1-9(2-4-10)7-15-12(17)16-11-5-6-14-8-11/h1-4,11,14H,5-8H2,(H2,15,16,17). The summed E-state index contributed by atoms with van der Waals surface area (Å²) in [6, 6.07) is 8.08. The Labute approximate surface area is 109 Å². The summed E-state index contributed by atoms with van der Waals surface area (Å²) in [5.41, 5.74) is 1.09. The first kappa shape index (κ1) is 12.4. The van der Waals surface area contributed by atoms with Crippen molar-refractivity contribution in [3.63, 3.8) is 0 Å². The van der Waals surface area contributed by atoms with E-state index < -0.39 is 0 Å². The Bertz CT molecular complexity index is 374. The zero-order valence-corrected chi connectivity index (χ0v) is 11.1. The van der Waals surface area contributed by atoms with E-state index in [-0.39, 0.29) is 12.1 Å². The van der Waals surface area contributed by atoms with Gasteiger partial charge in [-0.3, -0.25) is 0 Å². The first-order valence-corrected chi connectivity index (χ1v) is 6.53. The highest BCUT2D eigenvalue weighted by Gasteiger charge is 2.15. The fourth-order valence-electron chi connectivity index (χ4n) is 1.80. The van der Waals surface area contributed by atoms with Crippen LogP contribution in [-0.2, 0) is 6.54 Å². The first-order valence-electron chi connectivity index (χ1n) is 5.73. The Morgan fingerprint density at radius 3 is 2.82 bits per heavy atom. The molecule has 1 saturated heterocycles. The second-order valence-corrected chi connectivity index (χ2v) is 5.06. The van der Waals surface area contributed by atoms with Crippen LogP contribution in [0.25, 0.3) is 0 Å². The van der Waals surface area contributed by atoms with Gasteiger partial charge in [-0.1, -0.05) is 28.1 Å². The molecule has 0 bridgehead atoms. The second kappa shape index (κ2) is 6.02. The van der Waals surface area contributed by atoms with Crippen molar-refractivity contribution in [1.29, 1.82) is 0 Å². The van der Waals surface area contributed by atoms with Crippen LogP contribution in [0.5, 0.6) is 0 Å². The number of hydrogen-bond donors (Lipinski definition) is 3. The molecule has 1 aromatic carbocycles. The number of carbonyl (C=O) groups is 1. The van der Waals surface area contributed by atoms with E-state index in [1.807, 2.05) is 24.3 Å². The van der Waals surface area contributed by atoms with Crippen LogP contribution in [0.4, 0.5) is 4.79 Å². The van der Waals surface area contributed by atoms with Crippen molar-refractivity contribution in [1.82, 2.24) is 16.0 Å². The van der Waals surface area contributed by atoms with Gasteiger partial charge in [-0.25, -0.2) is 4.79 Å². The molecular weight excluding hydrogens is 282 g/mol. The molecule has 0 aliphatic carbocycles. The molecule has 1 aliphatic rings. The van der Waals surface area contributed by atoms with Gasteiger partial charge in [0.25, 0.3) is 0 Å². The zero-order chi connectivity index (χ0) is 12.1. The third kappa shape index (κ3) is 4.02. The monoisotopic (exact) mass is 297 g/mol. The molecule has 1 aliphatic heterocycles. The molecule has 92 valence electrons. The lowest BCUT2D eigenvalue weighted by atomic mass is 10.2. The number of rotatable bonds is 3. The van der Waals surface area contributed by atoms with Crippen LogP contribution in [0.15, 0.2) is 28.7 Å². The van der Waals surface area contributed by atoms with Crippen molar-refractivity contribution < 1.29 is 4.79 Å². The summed E-state index contributed by atoms with van der Waals surface area (Å²) in [6.07, 6.45) is 1.01. The van der Waals surface area contributed by atoms with Gasteiger partial charge in [-0.05, 0) is 30.7 Å². The topological polar surface area (TPSA) is 53.2 Å². The smallest absolute Gasteiger partial charge is 0.315 e. The molecule has 4 nitrogen and oxygen atoms in total. The SMILES string of the molecule is O=C(NCc1ccc(Br)cc1)NC1CCNC1. The number of carbonyl (C=O) groups excluding carboxylic acids is 1. The Morgan fingerprint density at radius 1 is 1.41 bits per heavy atom. The van der Waals surface area contributed by atoms with Crippen LogP contribution in [-0.4, -0.2) is 25.2 Å². The minimum atomic E-state index is -0.0957. The normalized spacial score (nSPS) is 19.0. The lowest BCUT2D eigenvalue weighted by molar-refractivity contribution is 0.237. The number of urea groups is 1. The lowest BCUT2D eigenvalue weighted by Gasteiger charge is -2.12. The molecule has 0 spiro atoms. The third-order valence-corrected chi connectivity index (χ3v) is 3.29. The van der Waals surface area contributed by atoms with E-state index in [1.54, 1.807) is 0 Å². The molecule has 1 heterocycles. The van der Waals surface area contributed by atoms with E-state index in [9.17, 15) is 4.79 Å². The largest absolute Gasteiger partial charge is 0.334 e. The van der Waals surface area contributed by atoms with Gasteiger partial charge < -0.3 is 16.0 Å². The quantitative estimate of drug-likeness (QED) is 0.794. The fourth-order valence-corrected chi connectivity index (χ4v) is 2.06. The molecule has 1 unspecified atom stereocenters. The van der Waals surface area contributed by atoms with Crippen LogP contribution in [0, 0.1) is 0 Å². The van der Waals surface area contributed by atoms with E-state index >= 15 is 0 Å². The summed E-state index contributed by atoms with van der Waals surface area (Å²) in [4.78, 5) is 11.6. The summed E-state index contributed by atoms with van der Waals surface area (Å²) in [7, 11) is 0. The van der Waals surface area contributed by atoms with Gasteiger partial charge in [0.05, 0.1) is 0 Å². The number of nitrogens with one attached hydrogen (secondary N) is 3. The Balaban J connectivity index is 1.73. The Kier molecular flexibility index (Phi) is 4.39. The highest BCUT2D eigenvalue weighted by atomic mass is 79.9. The van der Waals surface area contributed by atoms with Crippen molar-refractivity contribution in [3.8, 4) is 0 Å². The zero-order valence-electron chi connectivity index (χ0n) is 9.50. The third-order valence-electron chi connectivity index (χ3n) is 2.76. The first-order chi connectivity index (χ1) is 8.24. The molecule has 1 atom stereocenters. The van der Waals surface area contributed by atoms with Gasteiger partial charge in [0.1, 0.15) is 0 Å². The number of hydrogen-bond acceptors (Lipinski definition) is 2. The van der Waals surface area contributed by atoms with E-state index in [0.29, 0.717) is 6.54 Å². The van der Waals surface area contributed by atoms with Gasteiger partial charge in [0.15, 0.2) is 0 Å². The number of benzene rings is 1. The van der Waals surface area contributed by atoms with Crippen molar-refractivity contribution in [3.05, 3.63) is 34.3 Å². The molecule has 2 rings (SSSR count). The summed E-state index contributed by atoms with van der Waals surface area (Å²) >= 11 is 3.38. The maximum Gasteiger partial charge on any atom is 0.315 e. The lowest BCUT2D eigenvalue weighted by Crippen LogP contribution is -2.42. The van der Waals surface area contributed by atoms with Gasteiger partial charge in [0, 0.05) is 23.6 Å². The summed E-state index contributed by atoms with van der Waals surface area (Å²) in [6.45, 7) is 2.41. The summed E-state index contributed by atoms with van der Waals surface area (Å²) < 4.78 is 1.04. The number of halogens is 1. The van der Waals surface area contributed by atoms with E-state index in [2.05, 4.69) is 31.9 Å². The average Bonchev–Trinajstić information content (AvgIpc) is 2.81.